The molecule has 0 unspecified atom stereocenters. The summed E-state index contributed by atoms with van der Waals surface area (Å²) in [6.07, 6.45) is 0. The molecule has 0 atom stereocenters. The summed E-state index contributed by atoms with van der Waals surface area (Å²) in [5.74, 6) is 4.70. The number of benzene rings is 10. The first kappa shape index (κ1) is 45.8. The monoisotopic (exact) mass is 978 g/mol. The third-order valence-electron chi connectivity index (χ3n) is 16.6. The Kier molecular flexibility index (Phi) is 10.8. The van der Waals surface area contributed by atoms with Crippen LogP contribution in [0.5, 0.6) is 34.5 Å². The van der Waals surface area contributed by atoms with Crippen molar-refractivity contribution in [3.8, 4) is 67.9 Å². The van der Waals surface area contributed by atoms with Crippen molar-refractivity contribution in [2.45, 2.75) is 16.2 Å². The van der Waals surface area contributed by atoms with Gasteiger partial charge in [-0.2, -0.15) is 0 Å². The van der Waals surface area contributed by atoms with Gasteiger partial charge >= 0.3 is 0 Å². The zero-order valence-corrected chi connectivity index (χ0v) is 42.7. The highest BCUT2D eigenvalue weighted by molar-refractivity contribution is 6.09. The predicted octanol–water partition coefficient (Wildman–Crippen LogP) is 14.8. The first-order valence-corrected chi connectivity index (χ1v) is 25.3. The van der Waals surface area contributed by atoms with Crippen molar-refractivity contribution in [2.24, 2.45) is 0 Å². The Bertz CT molecular complexity index is 3240. The molecule has 10 aromatic carbocycles. The van der Waals surface area contributed by atoms with E-state index in [4.69, 9.17) is 28.4 Å². The van der Waals surface area contributed by atoms with Crippen LogP contribution in [-0.4, -0.2) is 42.7 Å². The van der Waals surface area contributed by atoms with Crippen molar-refractivity contribution in [1.29, 1.82) is 0 Å². The molecule has 0 saturated heterocycles. The van der Waals surface area contributed by atoms with Crippen LogP contribution in [0, 0.1) is 0 Å². The van der Waals surface area contributed by atoms with Crippen molar-refractivity contribution in [2.75, 3.05) is 42.7 Å². The minimum atomic E-state index is -0.896. The van der Waals surface area contributed by atoms with E-state index < -0.39 is 16.2 Å². The van der Waals surface area contributed by atoms with Gasteiger partial charge in [0.2, 0.25) is 0 Å². The number of methoxy groups -OCH3 is 6. The molecule has 0 aliphatic heterocycles. The quantitative estimate of drug-likeness (QED) is 0.122. The maximum Gasteiger partial charge on any atom is 0.118 e. The van der Waals surface area contributed by atoms with Gasteiger partial charge in [-0.1, -0.05) is 146 Å². The molecule has 3 aliphatic rings. The maximum absolute atomic E-state index is 5.92. The SMILES string of the molecule is COc1ccc(C2(c3ccc(OC)cc3)c3ccccc3-c3c2c2c(c4c3C(c3ccc(OC)cc3)(c3ccc(OC)cc3)c3ccccc3-4)C(c3ccc(OC)cc3)(c3ccc(OC)cc3)c3ccccc3-2)cc1. The first-order chi connectivity index (χ1) is 36.9. The highest BCUT2D eigenvalue weighted by Crippen LogP contribution is 2.73. The third-order valence-corrected chi connectivity index (χ3v) is 16.6. The van der Waals surface area contributed by atoms with Gasteiger partial charge in [0.05, 0.1) is 58.9 Å². The second-order valence-electron chi connectivity index (χ2n) is 19.5. The van der Waals surface area contributed by atoms with Crippen LogP contribution in [0.25, 0.3) is 33.4 Å². The van der Waals surface area contributed by atoms with Crippen LogP contribution in [-0.2, 0) is 16.2 Å². The largest absolute Gasteiger partial charge is 0.497 e. The molecule has 6 heteroatoms. The summed E-state index contributed by atoms with van der Waals surface area (Å²) in [7, 11) is 10.4. The van der Waals surface area contributed by atoms with Crippen LogP contribution in [0.2, 0.25) is 0 Å². The molecule has 0 fully saturated rings. The molecule has 0 amide bonds. The fourth-order valence-corrected chi connectivity index (χ4v) is 13.5. The molecular weight excluding hydrogens is 925 g/mol. The summed E-state index contributed by atoms with van der Waals surface area (Å²) < 4.78 is 35.5. The molecule has 0 radical (unpaired) electrons. The minimum Gasteiger partial charge on any atom is -0.497 e. The highest BCUT2D eigenvalue weighted by atomic mass is 16.5. The van der Waals surface area contributed by atoms with E-state index >= 15 is 0 Å². The van der Waals surface area contributed by atoms with Gasteiger partial charge in [0, 0.05) is 0 Å². The van der Waals surface area contributed by atoms with E-state index in [1.54, 1.807) is 42.7 Å². The topological polar surface area (TPSA) is 55.4 Å². The molecule has 0 heterocycles. The third kappa shape index (κ3) is 6.20. The standard InChI is InChI=1S/C69H54O6/c1-70-49-31-19-43(20-32-49)67(44-21-33-50(71-2)34-22-44)58-16-10-7-13-55(58)61-64(67)62-56-14-8-11-17-59(56)68(45-23-35-51(72-3)36-24-45,46-25-37-52(73-4)38-26-46)66(62)63-57-15-9-12-18-60(57)69(65(61)63,47-27-39-53(74-5)40-28-47)48-29-41-54(75-6)42-30-48/h7-42H,1-6H3. The van der Waals surface area contributed by atoms with E-state index in [9.17, 15) is 0 Å². The molecule has 3 aliphatic carbocycles. The Labute approximate surface area is 438 Å². The molecule has 366 valence electrons. The average molecular weight is 979 g/mol. The van der Waals surface area contributed by atoms with Gasteiger partial charge in [-0.05, 0) is 173 Å². The lowest BCUT2D eigenvalue weighted by atomic mass is 9.61. The smallest absolute Gasteiger partial charge is 0.118 e. The number of hydrogen-bond donors (Lipinski definition) is 0. The Balaban J connectivity index is 1.35. The lowest BCUT2D eigenvalue weighted by Crippen LogP contribution is -2.33. The van der Waals surface area contributed by atoms with Gasteiger partial charge in [0.1, 0.15) is 34.5 Å². The van der Waals surface area contributed by atoms with Crippen LogP contribution in [0.4, 0.5) is 0 Å². The van der Waals surface area contributed by atoms with E-state index in [1.165, 1.54) is 66.8 Å². The zero-order chi connectivity index (χ0) is 51.1. The van der Waals surface area contributed by atoms with Gasteiger partial charge < -0.3 is 28.4 Å². The fourth-order valence-electron chi connectivity index (χ4n) is 13.5. The van der Waals surface area contributed by atoms with Crippen LogP contribution < -0.4 is 28.4 Å². The normalized spacial score (nSPS) is 14.3. The second kappa shape index (κ2) is 17.6. The van der Waals surface area contributed by atoms with Gasteiger partial charge in [-0.15, -0.1) is 0 Å². The van der Waals surface area contributed by atoms with Gasteiger partial charge in [-0.3, -0.25) is 0 Å². The van der Waals surface area contributed by atoms with Crippen LogP contribution in [0.1, 0.15) is 66.8 Å². The lowest BCUT2D eigenvalue weighted by molar-refractivity contribution is 0.414. The Morgan fingerprint density at radius 1 is 0.213 bits per heavy atom. The molecule has 0 saturated carbocycles. The van der Waals surface area contributed by atoms with Crippen molar-refractivity contribution in [3.05, 3.63) is 285 Å². The molecule has 13 rings (SSSR count). The number of rotatable bonds is 12. The molecular formula is C69H54O6. The summed E-state index contributed by atoms with van der Waals surface area (Å²) in [4.78, 5) is 0. The summed E-state index contributed by atoms with van der Waals surface area (Å²) in [6.45, 7) is 0. The Hall–Kier alpha value is -9.00. The highest BCUT2D eigenvalue weighted by Gasteiger charge is 2.60. The zero-order valence-electron chi connectivity index (χ0n) is 42.7. The van der Waals surface area contributed by atoms with Crippen LogP contribution in [0.3, 0.4) is 0 Å². The number of ether oxygens (including phenoxy) is 6. The fraction of sp³-hybridized carbons (Fsp3) is 0.130. The van der Waals surface area contributed by atoms with Gasteiger partial charge in [-0.25, -0.2) is 0 Å². The summed E-state index contributed by atoms with van der Waals surface area (Å²) >= 11 is 0. The van der Waals surface area contributed by atoms with Crippen LogP contribution in [0.15, 0.2) is 218 Å². The van der Waals surface area contributed by atoms with E-state index in [2.05, 4.69) is 218 Å². The van der Waals surface area contributed by atoms with E-state index in [0.717, 1.165) is 67.9 Å². The lowest BCUT2D eigenvalue weighted by Gasteiger charge is -2.40. The van der Waals surface area contributed by atoms with Gasteiger partial charge in [0.25, 0.3) is 0 Å². The molecule has 0 N–H and O–H groups in total. The first-order valence-electron chi connectivity index (χ1n) is 25.3. The summed E-state index contributed by atoms with van der Waals surface area (Å²) in [6, 6.07) is 79.9. The van der Waals surface area contributed by atoms with Crippen molar-refractivity contribution in [3.63, 3.8) is 0 Å². The Morgan fingerprint density at radius 3 is 0.560 bits per heavy atom. The minimum absolute atomic E-state index is 0.783. The summed E-state index contributed by atoms with van der Waals surface area (Å²) in [5.41, 5.74) is 18.3. The van der Waals surface area contributed by atoms with Crippen molar-refractivity contribution in [1.82, 2.24) is 0 Å². The van der Waals surface area contributed by atoms with Crippen LogP contribution >= 0.6 is 0 Å². The molecule has 6 nitrogen and oxygen atoms in total. The second-order valence-corrected chi connectivity index (χ2v) is 19.5. The molecule has 0 bridgehead atoms. The predicted molar refractivity (Wildman–Crippen MR) is 298 cm³/mol. The number of fused-ring (bicyclic) bond motifs is 12. The van der Waals surface area contributed by atoms with E-state index in [0.29, 0.717) is 0 Å². The van der Waals surface area contributed by atoms with Crippen molar-refractivity contribution >= 4 is 0 Å². The van der Waals surface area contributed by atoms with Crippen molar-refractivity contribution < 1.29 is 28.4 Å². The summed E-state index contributed by atoms with van der Waals surface area (Å²) in [5, 5.41) is 0. The van der Waals surface area contributed by atoms with E-state index in [-0.39, 0.29) is 0 Å². The molecule has 0 spiro atoms. The molecule has 0 aromatic heterocycles. The molecule has 10 aromatic rings. The maximum atomic E-state index is 5.92. The van der Waals surface area contributed by atoms with E-state index in [1.807, 2.05) is 0 Å². The number of hydrogen-bond acceptors (Lipinski definition) is 6. The van der Waals surface area contributed by atoms with Gasteiger partial charge in [0.15, 0.2) is 0 Å². The average Bonchev–Trinajstić information content (AvgIpc) is 4.30. The molecule has 75 heavy (non-hydrogen) atoms. The Morgan fingerprint density at radius 2 is 0.387 bits per heavy atom.